The van der Waals surface area contributed by atoms with Gasteiger partial charge in [-0.3, -0.25) is 0 Å². The molecule has 148 valence electrons. The summed E-state index contributed by atoms with van der Waals surface area (Å²) in [6.07, 6.45) is -4.83. The van der Waals surface area contributed by atoms with Gasteiger partial charge in [-0.2, -0.15) is 13.9 Å². The Labute approximate surface area is 157 Å². The Morgan fingerprint density at radius 3 is 2.32 bits per heavy atom. The molecule has 0 spiro atoms. The molecule has 0 aliphatic heterocycles. The third-order valence-corrected chi connectivity index (χ3v) is 3.73. The standard InChI is InChI=1S/C19H15F5N2O2/c1-12-3-2-4-16(9-12)27-11-14-10-17(26(25-14)18(20)21)13-5-7-15(8-6-13)28-19(22,23)24/h2-10,18H,11H2,1H3. The van der Waals surface area contributed by atoms with Gasteiger partial charge in [0, 0.05) is 5.56 Å². The van der Waals surface area contributed by atoms with Crippen molar-refractivity contribution < 1.29 is 31.4 Å². The van der Waals surface area contributed by atoms with Crippen molar-refractivity contribution in [1.82, 2.24) is 9.78 Å². The molecule has 0 aliphatic carbocycles. The second-order valence-corrected chi connectivity index (χ2v) is 5.92. The van der Waals surface area contributed by atoms with E-state index in [1.807, 2.05) is 13.0 Å². The Morgan fingerprint density at radius 2 is 1.71 bits per heavy atom. The molecule has 4 nitrogen and oxygen atoms in total. The minimum atomic E-state index is -4.83. The number of aromatic nitrogens is 2. The van der Waals surface area contributed by atoms with Gasteiger partial charge in [0.05, 0.1) is 5.69 Å². The summed E-state index contributed by atoms with van der Waals surface area (Å²) in [5.41, 5.74) is 1.56. The zero-order chi connectivity index (χ0) is 20.3. The first-order chi connectivity index (χ1) is 13.2. The molecule has 2 aromatic carbocycles. The number of hydrogen-bond donors (Lipinski definition) is 0. The Kier molecular flexibility index (Phi) is 5.53. The van der Waals surface area contributed by atoms with E-state index in [4.69, 9.17) is 4.74 Å². The van der Waals surface area contributed by atoms with Gasteiger partial charge in [-0.25, -0.2) is 4.68 Å². The highest BCUT2D eigenvalue weighted by Crippen LogP contribution is 2.29. The molecule has 3 rings (SSSR count). The molecule has 0 aliphatic rings. The van der Waals surface area contributed by atoms with Gasteiger partial charge in [-0.1, -0.05) is 12.1 Å². The van der Waals surface area contributed by atoms with Crippen molar-refractivity contribution >= 4 is 0 Å². The van der Waals surface area contributed by atoms with Crippen molar-refractivity contribution in [3.05, 3.63) is 65.9 Å². The fourth-order valence-corrected chi connectivity index (χ4v) is 2.57. The number of hydrogen-bond acceptors (Lipinski definition) is 3. The van der Waals surface area contributed by atoms with E-state index < -0.39 is 18.7 Å². The fraction of sp³-hybridized carbons (Fsp3) is 0.211. The van der Waals surface area contributed by atoms with Crippen LogP contribution in [0.25, 0.3) is 11.3 Å². The van der Waals surface area contributed by atoms with E-state index in [0.717, 1.165) is 17.7 Å². The van der Waals surface area contributed by atoms with Gasteiger partial charge in [0.1, 0.15) is 23.8 Å². The summed E-state index contributed by atoms with van der Waals surface area (Å²) in [6.45, 7) is -1.07. The molecule has 28 heavy (non-hydrogen) atoms. The number of benzene rings is 2. The van der Waals surface area contributed by atoms with Crippen molar-refractivity contribution in [1.29, 1.82) is 0 Å². The predicted octanol–water partition coefficient (Wildman–Crippen LogP) is 5.73. The molecule has 1 aromatic heterocycles. The molecule has 0 unspecified atom stereocenters. The largest absolute Gasteiger partial charge is 0.573 e. The molecule has 0 saturated heterocycles. The number of aryl methyl sites for hydroxylation is 1. The second-order valence-electron chi connectivity index (χ2n) is 5.92. The molecule has 0 atom stereocenters. The normalized spacial score (nSPS) is 11.7. The number of alkyl halides is 5. The van der Waals surface area contributed by atoms with E-state index in [2.05, 4.69) is 9.84 Å². The fourth-order valence-electron chi connectivity index (χ4n) is 2.57. The zero-order valence-electron chi connectivity index (χ0n) is 14.6. The van der Waals surface area contributed by atoms with Crippen molar-refractivity contribution in [2.75, 3.05) is 0 Å². The first kappa shape index (κ1) is 19.7. The smallest absolute Gasteiger partial charge is 0.487 e. The summed E-state index contributed by atoms with van der Waals surface area (Å²) in [5.74, 6) is 0.129. The third-order valence-electron chi connectivity index (χ3n) is 3.73. The van der Waals surface area contributed by atoms with Gasteiger partial charge in [-0.15, -0.1) is 13.2 Å². The lowest BCUT2D eigenvalue weighted by atomic mass is 10.1. The van der Waals surface area contributed by atoms with Crippen LogP contribution >= 0.6 is 0 Å². The van der Waals surface area contributed by atoms with Crippen LogP contribution in [-0.2, 0) is 6.61 Å². The number of halogens is 5. The molecule has 0 fully saturated rings. The van der Waals surface area contributed by atoms with Crippen LogP contribution in [-0.4, -0.2) is 16.1 Å². The minimum Gasteiger partial charge on any atom is -0.487 e. The quantitative estimate of drug-likeness (QED) is 0.498. The maximum atomic E-state index is 13.3. The van der Waals surface area contributed by atoms with Crippen LogP contribution in [0.1, 0.15) is 17.8 Å². The molecule has 0 N–H and O–H groups in total. The molecule has 0 radical (unpaired) electrons. The van der Waals surface area contributed by atoms with Crippen LogP contribution in [0.15, 0.2) is 54.6 Å². The van der Waals surface area contributed by atoms with Gasteiger partial charge in [0.25, 0.3) is 0 Å². The molecule has 3 aromatic rings. The molecule has 9 heteroatoms. The van der Waals surface area contributed by atoms with Crippen LogP contribution in [0.2, 0.25) is 0 Å². The van der Waals surface area contributed by atoms with Crippen LogP contribution in [0.5, 0.6) is 11.5 Å². The summed E-state index contributed by atoms with van der Waals surface area (Å²) in [7, 11) is 0. The van der Waals surface area contributed by atoms with E-state index in [1.165, 1.54) is 18.2 Å². The lowest BCUT2D eigenvalue weighted by Crippen LogP contribution is -2.16. The highest BCUT2D eigenvalue weighted by Gasteiger charge is 2.31. The summed E-state index contributed by atoms with van der Waals surface area (Å²) < 4.78 is 73.2. The highest BCUT2D eigenvalue weighted by atomic mass is 19.4. The Hall–Kier alpha value is -3.10. The highest BCUT2D eigenvalue weighted by molar-refractivity contribution is 5.61. The molecule has 0 bridgehead atoms. The average molecular weight is 398 g/mol. The molecular formula is C19H15F5N2O2. The van der Waals surface area contributed by atoms with Crippen molar-refractivity contribution in [2.45, 2.75) is 26.4 Å². The Bertz CT molecular complexity index is 936. The van der Waals surface area contributed by atoms with E-state index in [-0.39, 0.29) is 23.6 Å². The van der Waals surface area contributed by atoms with E-state index in [9.17, 15) is 22.0 Å². The lowest BCUT2D eigenvalue weighted by Gasteiger charge is -2.10. The van der Waals surface area contributed by atoms with E-state index >= 15 is 0 Å². The van der Waals surface area contributed by atoms with Gasteiger partial charge in [0.2, 0.25) is 0 Å². The summed E-state index contributed by atoms with van der Waals surface area (Å²) >= 11 is 0. The van der Waals surface area contributed by atoms with E-state index in [1.54, 1.807) is 18.2 Å². The third kappa shape index (κ3) is 4.99. The van der Waals surface area contributed by atoms with E-state index in [0.29, 0.717) is 10.4 Å². The first-order valence-electron chi connectivity index (χ1n) is 8.13. The number of nitrogens with zero attached hydrogens (tertiary/aromatic N) is 2. The van der Waals surface area contributed by atoms with Gasteiger partial charge in [-0.05, 0) is 55.0 Å². The monoisotopic (exact) mass is 398 g/mol. The average Bonchev–Trinajstić information content (AvgIpc) is 3.04. The second kappa shape index (κ2) is 7.87. The van der Waals surface area contributed by atoms with Crippen LogP contribution < -0.4 is 9.47 Å². The maximum absolute atomic E-state index is 13.3. The van der Waals surface area contributed by atoms with Crippen LogP contribution in [0, 0.1) is 6.92 Å². The van der Waals surface area contributed by atoms with Crippen LogP contribution in [0.4, 0.5) is 22.0 Å². The molecule has 1 heterocycles. The topological polar surface area (TPSA) is 36.3 Å². The predicted molar refractivity (Wildman–Crippen MR) is 91.1 cm³/mol. The summed E-state index contributed by atoms with van der Waals surface area (Å²) in [4.78, 5) is 0. The number of rotatable bonds is 6. The minimum absolute atomic E-state index is 0.0363. The lowest BCUT2D eigenvalue weighted by molar-refractivity contribution is -0.274. The number of ether oxygens (including phenoxy) is 2. The molecule has 0 saturated carbocycles. The summed E-state index contributed by atoms with van der Waals surface area (Å²) in [5, 5.41) is 3.84. The molecular weight excluding hydrogens is 383 g/mol. The Balaban J connectivity index is 1.80. The zero-order valence-corrected chi connectivity index (χ0v) is 14.6. The maximum Gasteiger partial charge on any atom is 0.573 e. The van der Waals surface area contributed by atoms with Crippen molar-refractivity contribution in [3.8, 4) is 22.8 Å². The van der Waals surface area contributed by atoms with Crippen molar-refractivity contribution in [2.24, 2.45) is 0 Å². The SMILES string of the molecule is Cc1cccc(OCc2cc(-c3ccc(OC(F)(F)F)cc3)n(C(F)F)n2)c1. The van der Waals surface area contributed by atoms with Gasteiger partial charge < -0.3 is 9.47 Å². The molecule has 0 amide bonds. The first-order valence-corrected chi connectivity index (χ1v) is 8.13. The van der Waals surface area contributed by atoms with Crippen LogP contribution in [0.3, 0.4) is 0 Å². The van der Waals surface area contributed by atoms with Gasteiger partial charge >= 0.3 is 12.9 Å². The van der Waals surface area contributed by atoms with Gasteiger partial charge in [0.15, 0.2) is 0 Å². The van der Waals surface area contributed by atoms with Crippen molar-refractivity contribution in [3.63, 3.8) is 0 Å². The Morgan fingerprint density at radius 1 is 1.00 bits per heavy atom. The summed E-state index contributed by atoms with van der Waals surface area (Å²) in [6, 6.07) is 13.2.